The Kier molecular flexibility index (Phi) is 5.99. The summed E-state index contributed by atoms with van der Waals surface area (Å²) in [6.07, 6.45) is 1.65. The smallest absolute Gasteiger partial charge is 0.344 e. The predicted molar refractivity (Wildman–Crippen MR) is 86.2 cm³/mol. The number of nitrogens with one attached hydrogen (secondary N) is 1. The number of hydrazone groups is 1. The fourth-order valence-corrected chi connectivity index (χ4v) is 1.75. The Hall–Kier alpha value is -2.82. The van der Waals surface area contributed by atoms with Crippen LogP contribution in [0.4, 0.5) is 5.69 Å². The largest absolute Gasteiger partial charge is 0.481 e. The number of hydrogen-bond donors (Lipinski definition) is 1. The van der Waals surface area contributed by atoms with Crippen LogP contribution in [0.15, 0.2) is 59.7 Å². The first-order chi connectivity index (χ1) is 10.8. The molecule has 2 aromatic carbocycles. The Morgan fingerprint density at radius 2 is 1.86 bits per heavy atom. The molecular weight excluding hydrogens is 280 g/mol. The summed E-state index contributed by atoms with van der Waals surface area (Å²) in [6.45, 7) is 1.98. The van der Waals surface area contributed by atoms with E-state index in [1.807, 2.05) is 48.5 Å². The molecule has 0 saturated heterocycles. The lowest BCUT2D eigenvalue weighted by Crippen LogP contribution is -2.15. The zero-order valence-corrected chi connectivity index (χ0v) is 12.4. The Balaban J connectivity index is 1.97. The second kappa shape index (κ2) is 8.46. The van der Waals surface area contributed by atoms with Crippen LogP contribution in [0.2, 0.25) is 0 Å². The number of rotatable bonds is 7. The van der Waals surface area contributed by atoms with Crippen molar-refractivity contribution in [1.29, 1.82) is 0 Å². The number of ether oxygens (including phenoxy) is 2. The molecular formula is C17H18N2O3. The van der Waals surface area contributed by atoms with E-state index in [4.69, 9.17) is 9.47 Å². The first-order valence-electron chi connectivity index (χ1n) is 7.01. The van der Waals surface area contributed by atoms with Gasteiger partial charge in [-0.2, -0.15) is 5.10 Å². The summed E-state index contributed by atoms with van der Waals surface area (Å²) in [7, 11) is 0. The minimum absolute atomic E-state index is 0.120. The van der Waals surface area contributed by atoms with Crippen LogP contribution in [0.3, 0.4) is 0 Å². The maximum Gasteiger partial charge on any atom is 0.344 e. The zero-order chi connectivity index (χ0) is 15.6. The molecule has 0 spiro atoms. The maximum atomic E-state index is 11.3. The Morgan fingerprint density at radius 3 is 2.64 bits per heavy atom. The molecule has 2 rings (SSSR count). The minimum atomic E-state index is -0.392. The predicted octanol–water partition coefficient (Wildman–Crippen LogP) is 3.07. The molecule has 0 aliphatic heterocycles. The van der Waals surface area contributed by atoms with E-state index >= 15 is 0 Å². The van der Waals surface area contributed by atoms with Gasteiger partial charge in [0.2, 0.25) is 0 Å². The van der Waals surface area contributed by atoms with Crippen LogP contribution in [0, 0.1) is 0 Å². The normalized spacial score (nSPS) is 10.4. The van der Waals surface area contributed by atoms with Gasteiger partial charge in [0.1, 0.15) is 5.75 Å². The van der Waals surface area contributed by atoms with Gasteiger partial charge < -0.3 is 9.47 Å². The monoisotopic (exact) mass is 298 g/mol. The van der Waals surface area contributed by atoms with Gasteiger partial charge >= 0.3 is 5.97 Å². The van der Waals surface area contributed by atoms with E-state index in [9.17, 15) is 4.79 Å². The molecule has 0 atom stereocenters. The Labute approximate surface area is 129 Å². The molecule has 22 heavy (non-hydrogen) atoms. The van der Waals surface area contributed by atoms with Crippen LogP contribution in [0.25, 0.3) is 0 Å². The molecule has 0 radical (unpaired) electrons. The van der Waals surface area contributed by atoms with Crippen molar-refractivity contribution in [1.82, 2.24) is 0 Å². The number of esters is 1. The third-order valence-corrected chi connectivity index (χ3v) is 2.74. The number of benzene rings is 2. The van der Waals surface area contributed by atoms with E-state index in [2.05, 4.69) is 10.5 Å². The molecule has 5 heteroatoms. The minimum Gasteiger partial charge on any atom is -0.481 e. The van der Waals surface area contributed by atoms with Crippen LogP contribution in [0.1, 0.15) is 12.5 Å². The topological polar surface area (TPSA) is 59.9 Å². The van der Waals surface area contributed by atoms with E-state index in [1.54, 1.807) is 19.2 Å². The number of carbonyl (C=O) groups excluding carboxylic acids is 1. The van der Waals surface area contributed by atoms with Crippen molar-refractivity contribution >= 4 is 17.9 Å². The summed E-state index contributed by atoms with van der Waals surface area (Å²) in [5.41, 5.74) is 4.59. The highest BCUT2D eigenvalue weighted by Crippen LogP contribution is 2.16. The van der Waals surface area contributed by atoms with Crippen LogP contribution in [-0.2, 0) is 9.53 Å². The van der Waals surface area contributed by atoms with Crippen LogP contribution in [-0.4, -0.2) is 25.4 Å². The maximum absolute atomic E-state index is 11.3. The Morgan fingerprint density at radius 1 is 1.14 bits per heavy atom. The van der Waals surface area contributed by atoms with Crippen molar-refractivity contribution < 1.29 is 14.3 Å². The summed E-state index contributed by atoms with van der Waals surface area (Å²) in [5, 5.41) is 4.16. The molecule has 0 heterocycles. The van der Waals surface area contributed by atoms with E-state index in [-0.39, 0.29) is 6.61 Å². The molecule has 0 fully saturated rings. The average molecular weight is 298 g/mol. The lowest BCUT2D eigenvalue weighted by atomic mass is 10.2. The van der Waals surface area contributed by atoms with E-state index in [1.165, 1.54) is 0 Å². The van der Waals surface area contributed by atoms with Crippen molar-refractivity contribution in [2.45, 2.75) is 6.92 Å². The highest BCUT2D eigenvalue weighted by molar-refractivity contribution is 5.84. The van der Waals surface area contributed by atoms with Gasteiger partial charge in [-0.25, -0.2) is 4.79 Å². The van der Waals surface area contributed by atoms with Crippen molar-refractivity contribution in [2.24, 2.45) is 5.10 Å². The van der Waals surface area contributed by atoms with Gasteiger partial charge in [0.25, 0.3) is 0 Å². The van der Waals surface area contributed by atoms with Crippen LogP contribution in [0.5, 0.6) is 5.75 Å². The van der Waals surface area contributed by atoms with E-state index in [0.29, 0.717) is 12.4 Å². The quantitative estimate of drug-likeness (QED) is 0.485. The van der Waals surface area contributed by atoms with Crippen molar-refractivity contribution in [3.63, 3.8) is 0 Å². The molecule has 0 aromatic heterocycles. The van der Waals surface area contributed by atoms with Gasteiger partial charge in [-0.1, -0.05) is 30.3 Å². The number of nitrogens with zero attached hydrogens (tertiary/aromatic N) is 1. The van der Waals surface area contributed by atoms with Gasteiger partial charge in [-0.3, -0.25) is 5.43 Å². The number of carbonyl (C=O) groups is 1. The fourth-order valence-electron chi connectivity index (χ4n) is 1.75. The van der Waals surface area contributed by atoms with Crippen LogP contribution < -0.4 is 10.2 Å². The van der Waals surface area contributed by atoms with Gasteiger partial charge in [-0.05, 0) is 31.2 Å². The molecule has 0 bridgehead atoms. The summed E-state index contributed by atoms with van der Waals surface area (Å²) >= 11 is 0. The molecule has 0 aliphatic rings. The van der Waals surface area contributed by atoms with Gasteiger partial charge in [0, 0.05) is 5.56 Å². The number of para-hydroxylation sites is 2. The molecule has 0 amide bonds. The first kappa shape index (κ1) is 15.6. The first-order valence-corrected chi connectivity index (χ1v) is 7.01. The highest BCUT2D eigenvalue weighted by atomic mass is 16.6. The summed E-state index contributed by atoms with van der Waals surface area (Å²) < 4.78 is 10.3. The summed E-state index contributed by atoms with van der Waals surface area (Å²) in [6, 6.07) is 17.0. The van der Waals surface area contributed by atoms with Gasteiger partial charge in [0.05, 0.1) is 18.5 Å². The standard InChI is InChI=1S/C17H18N2O3/c1-2-21-17(20)13-22-16-11-7-6-8-14(16)12-18-19-15-9-4-3-5-10-15/h3-12,19H,2,13H2,1H3. The molecule has 2 aromatic rings. The van der Waals surface area contributed by atoms with Crippen molar-refractivity contribution in [2.75, 3.05) is 18.6 Å². The Bertz CT molecular complexity index is 627. The second-order valence-electron chi connectivity index (χ2n) is 4.37. The van der Waals surface area contributed by atoms with Crippen molar-refractivity contribution in [3.8, 4) is 5.75 Å². The molecule has 0 saturated carbocycles. The van der Waals surface area contributed by atoms with E-state index in [0.717, 1.165) is 11.3 Å². The van der Waals surface area contributed by atoms with E-state index < -0.39 is 5.97 Å². The SMILES string of the molecule is CCOC(=O)COc1ccccc1C=NNc1ccccc1. The second-order valence-corrected chi connectivity index (χ2v) is 4.37. The van der Waals surface area contributed by atoms with Gasteiger partial charge in [-0.15, -0.1) is 0 Å². The molecule has 1 N–H and O–H groups in total. The third-order valence-electron chi connectivity index (χ3n) is 2.74. The summed E-state index contributed by atoms with van der Waals surface area (Å²) in [5.74, 6) is 0.186. The third kappa shape index (κ3) is 4.94. The van der Waals surface area contributed by atoms with Crippen molar-refractivity contribution in [3.05, 3.63) is 60.2 Å². The fraction of sp³-hybridized carbons (Fsp3) is 0.176. The molecule has 0 aliphatic carbocycles. The lowest BCUT2D eigenvalue weighted by Gasteiger charge is -2.08. The average Bonchev–Trinajstić information content (AvgIpc) is 2.55. The van der Waals surface area contributed by atoms with Gasteiger partial charge in [0.15, 0.2) is 6.61 Å². The number of anilines is 1. The molecule has 0 unspecified atom stereocenters. The zero-order valence-electron chi connectivity index (χ0n) is 12.4. The van der Waals surface area contributed by atoms with Crippen LogP contribution >= 0.6 is 0 Å². The number of hydrogen-bond acceptors (Lipinski definition) is 5. The molecule has 5 nitrogen and oxygen atoms in total. The highest BCUT2D eigenvalue weighted by Gasteiger charge is 2.05. The summed E-state index contributed by atoms with van der Waals surface area (Å²) in [4.78, 5) is 11.3. The molecule has 114 valence electrons. The lowest BCUT2D eigenvalue weighted by molar-refractivity contribution is -0.145.